The summed E-state index contributed by atoms with van der Waals surface area (Å²) in [7, 11) is 0. The quantitative estimate of drug-likeness (QED) is 0.657. The van der Waals surface area contributed by atoms with Crippen molar-refractivity contribution in [1.82, 2.24) is 0 Å². The fourth-order valence-corrected chi connectivity index (χ4v) is 1.11. The largest absolute Gasteiger partial charge is 0.492 e. The topological polar surface area (TPSA) is 9.23 Å². The molecule has 2 heteroatoms. The lowest BCUT2D eigenvalue weighted by molar-refractivity contribution is 0.340. The van der Waals surface area contributed by atoms with E-state index in [0.717, 1.165) is 5.75 Å². The number of rotatable bonds is 3. The second-order valence-electron chi connectivity index (χ2n) is 2.74. The molecule has 0 bridgehead atoms. The van der Waals surface area contributed by atoms with Gasteiger partial charge in [0.1, 0.15) is 12.4 Å². The van der Waals surface area contributed by atoms with Gasteiger partial charge in [-0.25, -0.2) is 0 Å². The number of halogens is 1. The van der Waals surface area contributed by atoms with Crippen LogP contribution in [0.5, 0.6) is 5.75 Å². The highest BCUT2D eigenvalue weighted by Crippen LogP contribution is 2.20. The molecule has 12 heavy (non-hydrogen) atoms. The summed E-state index contributed by atoms with van der Waals surface area (Å²) in [6.45, 7) is 4.70. The van der Waals surface area contributed by atoms with Crippen LogP contribution >= 0.6 is 11.6 Å². The van der Waals surface area contributed by atoms with Gasteiger partial charge in [-0.3, -0.25) is 0 Å². The molecule has 0 radical (unpaired) electrons. The van der Waals surface area contributed by atoms with E-state index in [1.807, 2.05) is 12.1 Å². The molecule has 0 fully saturated rings. The number of alkyl halides is 1. The molecule has 0 heterocycles. The second kappa shape index (κ2) is 4.36. The van der Waals surface area contributed by atoms with Gasteiger partial charge in [0.2, 0.25) is 0 Å². The maximum absolute atomic E-state index is 5.52. The Morgan fingerprint density at radius 2 is 2.08 bits per heavy atom. The SMILES string of the molecule is Cc1cccc(OCCCl)c1C. The van der Waals surface area contributed by atoms with Crippen LogP contribution in [0.2, 0.25) is 0 Å². The van der Waals surface area contributed by atoms with Crippen LogP contribution in [0.4, 0.5) is 0 Å². The number of ether oxygens (including phenoxy) is 1. The lowest BCUT2D eigenvalue weighted by Crippen LogP contribution is -2.00. The Balaban J connectivity index is 2.78. The van der Waals surface area contributed by atoms with E-state index in [1.54, 1.807) is 0 Å². The summed E-state index contributed by atoms with van der Waals surface area (Å²) in [6.07, 6.45) is 0. The molecule has 0 amide bonds. The van der Waals surface area contributed by atoms with Crippen molar-refractivity contribution in [2.45, 2.75) is 13.8 Å². The van der Waals surface area contributed by atoms with Gasteiger partial charge >= 0.3 is 0 Å². The van der Waals surface area contributed by atoms with Crippen LogP contribution in [0.1, 0.15) is 11.1 Å². The first kappa shape index (κ1) is 9.40. The maximum atomic E-state index is 5.52. The van der Waals surface area contributed by atoms with Gasteiger partial charge in [-0.15, -0.1) is 11.6 Å². The Labute approximate surface area is 78.3 Å². The molecule has 0 aliphatic rings. The van der Waals surface area contributed by atoms with Crippen molar-refractivity contribution in [3.05, 3.63) is 29.3 Å². The molecule has 0 saturated carbocycles. The van der Waals surface area contributed by atoms with E-state index >= 15 is 0 Å². The zero-order chi connectivity index (χ0) is 8.97. The molecule has 0 aliphatic heterocycles. The minimum absolute atomic E-state index is 0.535. The fraction of sp³-hybridized carbons (Fsp3) is 0.400. The van der Waals surface area contributed by atoms with Crippen molar-refractivity contribution in [3.63, 3.8) is 0 Å². The van der Waals surface area contributed by atoms with Gasteiger partial charge in [-0.2, -0.15) is 0 Å². The van der Waals surface area contributed by atoms with Gasteiger partial charge in [0.25, 0.3) is 0 Å². The summed E-state index contributed by atoms with van der Waals surface area (Å²) in [6, 6.07) is 6.03. The molecule has 0 saturated heterocycles. The monoisotopic (exact) mass is 184 g/mol. The van der Waals surface area contributed by atoms with E-state index in [2.05, 4.69) is 19.9 Å². The molecular formula is C10H13ClO. The van der Waals surface area contributed by atoms with Crippen molar-refractivity contribution in [2.75, 3.05) is 12.5 Å². The van der Waals surface area contributed by atoms with Crippen molar-refractivity contribution in [1.29, 1.82) is 0 Å². The van der Waals surface area contributed by atoms with Crippen molar-refractivity contribution in [3.8, 4) is 5.75 Å². The van der Waals surface area contributed by atoms with E-state index < -0.39 is 0 Å². The van der Waals surface area contributed by atoms with Gasteiger partial charge in [-0.05, 0) is 31.0 Å². The summed E-state index contributed by atoms with van der Waals surface area (Å²) in [5.74, 6) is 1.48. The molecule has 1 aromatic carbocycles. The molecule has 0 N–H and O–H groups in total. The maximum Gasteiger partial charge on any atom is 0.122 e. The first-order valence-corrected chi connectivity index (χ1v) is 4.54. The third-order valence-electron chi connectivity index (χ3n) is 1.89. The second-order valence-corrected chi connectivity index (χ2v) is 3.11. The average Bonchev–Trinajstić information content (AvgIpc) is 2.08. The molecule has 0 unspecified atom stereocenters. The van der Waals surface area contributed by atoms with Gasteiger partial charge in [0.05, 0.1) is 5.88 Å². The van der Waals surface area contributed by atoms with Crippen LogP contribution < -0.4 is 4.74 Å². The Morgan fingerprint density at radius 3 is 2.75 bits per heavy atom. The summed E-state index contributed by atoms with van der Waals surface area (Å²) < 4.78 is 5.43. The first-order chi connectivity index (χ1) is 5.75. The van der Waals surface area contributed by atoms with Gasteiger partial charge < -0.3 is 4.74 Å². The highest BCUT2D eigenvalue weighted by Gasteiger charge is 1.99. The predicted molar refractivity (Wildman–Crippen MR) is 52.1 cm³/mol. The standard InChI is InChI=1S/C10H13ClO/c1-8-4-3-5-10(9(8)2)12-7-6-11/h3-5H,6-7H2,1-2H3. The van der Waals surface area contributed by atoms with E-state index in [-0.39, 0.29) is 0 Å². The molecule has 66 valence electrons. The van der Waals surface area contributed by atoms with Crippen LogP contribution in [-0.4, -0.2) is 12.5 Å². The molecule has 0 spiro atoms. The third-order valence-corrected chi connectivity index (χ3v) is 2.04. The van der Waals surface area contributed by atoms with Gasteiger partial charge in [-0.1, -0.05) is 12.1 Å². The normalized spacial score (nSPS) is 9.92. The van der Waals surface area contributed by atoms with Crippen LogP contribution in [0.3, 0.4) is 0 Å². The molecule has 1 aromatic rings. The summed E-state index contributed by atoms with van der Waals surface area (Å²) in [5, 5.41) is 0. The van der Waals surface area contributed by atoms with E-state index in [4.69, 9.17) is 16.3 Å². The van der Waals surface area contributed by atoms with Crippen molar-refractivity contribution >= 4 is 11.6 Å². The highest BCUT2D eigenvalue weighted by molar-refractivity contribution is 6.18. The Kier molecular flexibility index (Phi) is 3.42. The predicted octanol–water partition coefficient (Wildman–Crippen LogP) is 2.92. The molecule has 1 nitrogen and oxygen atoms in total. The first-order valence-electron chi connectivity index (χ1n) is 4.00. The number of aryl methyl sites for hydroxylation is 1. The summed E-state index contributed by atoms with van der Waals surface area (Å²) in [5.41, 5.74) is 2.45. The summed E-state index contributed by atoms with van der Waals surface area (Å²) >= 11 is 5.52. The lowest BCUT2D eigenvalue weighted by atomic mass is 10.1. The van der Waals surface area contributed by atoms with Crippen LogP contribution in [0.25, 0.3) is 0 Å². The summed E-state index contributed by atoms with van der Waals surface area (Å²) in [4.78, 5) is 0. The zero-order valence-electron chi connectivity index (χ0n) is 7.43. The van der Waals surface area contributed by atoms with E-state index in [9.17, 15) is 0 Å². The zero-order valence-corrected chi connectivity index (χ0v) is 8.19. The number of hydrogen-bond donors (Lipinski definition) is 0. The number of benzene rings is 1. The van der Waals surface area contributed by atoms with Crippen molar-refractivity contribution in [2.24, 2.45) is 0 Å². The Hall–Kier alpha value is -0.690. The smallest absolute Gasteiger partial charge is 0.122 e. The fourth-order valence-electron chi connectivity index (χ4n) is 1.03. The van der Waals surface area contributed by atoms with Gasteiger partial charge in [0.15, 0.2) is 0 Å². The van der Waals surface area contributed by atoms with E-state index in [0.29, 0.717) is 12.5 Å². The minimum atomic E-state index is 0.535. The third kappa shape index (κ3) is 2.15. The number of hydrogen-bond acceptors (Lipinski definition) is 1. The van der Waals surface area contributed by atoms with Crippen LogP contribution in [-0.2, 0) is 0 Å². The Morgan fingerprint density at radius 1 is 1.33 bits per heavy atom. The molecule has 0 atom stereocenters. The molecule has 0 aromatic heterocycles. The van der Waals surface area contributed by atoms with Gasteiger partial charge in [0, 0.05) is 0 Å². The molecule has 0 aliphatic carbocycles. The lowest BCUT2D eigenvalue weighted by Gasteiger charge is -2.08. The molecule has 1 rings (SSSR count). The average molecular weight is 185 g/mol. The highest BCUT2D eigenvalue weighted by atomic mass is 35.5. The molecular weight excluding hydrogens is 172 g/mol. The van der Waals surface area contributed by atoms with Crippen LogP contribution in [0.15, 0.2) is 18.2 Å². The van der Waals surface area contributed by atoms with Crippen LogP contribution in [0, 0.1) is 13.8 Å². The Bertz CT molecular complexity index is 258. The van der Waals surface area contributed by atoms with E-state index in [1.165, 1.54) is 11.1 Å². The van der Waals surface area contributed by atoms with Crippen molar-refractivity contribution < 1.29 is 4.74 Å². The minimum Gasteiger partial charge on any atom is -0.492 e.